The van der Waals surface area contributed by atoms with E-state index < -0.39 is 18.1 Å². The molecule has 3 aromatic rings. The van der Waals surface area contributed by atoms with Crippen molar-refractivity contribution in [2.24, 2.45) is 0 Å². The number of anilines is 2. The number of thioether (sulfide) groups is 1. The molecule has 0 fully saturated rings. The van der Waals surface area contributed by atoms with Gasteiger partial charge in [0.25, 0.3) is 0 Å². The second-order valence-corrected chi connectivity index (χ2v) is 9.38. The Labute approximate surface area is 203 Å². The molecule has 0 saturated carbocycles. The van der Waals surface area contributed by atoms with Gasteiger partial charge in [0.05, 0.1) is 18.6 Å². The Kier molecular flexibility index (Phi) is 7.78. The number of methoxy groups -OCH3 is 1. The number of halogens is 5. The van der Waals surface area contributed by atoms with Gasteiger partial charge in [-0.3, -0.25) is 9.59 Å². The molecule has 0 aliphatic heterocycles. The Bertz CT molecular complexity index is 1230. The zero-order valence-corrected chi connectivity index (χ0v) is 19.7. The van der Waals surface area contributed by atoms with Crippen LogP contribution >= 0.6 is 46.3 Å². The lowest BCUT2D eigenvalue weighted by atomic mass is 10.2. The number of nitrogens with one attached hydrogen (secondary N) is 2. The average Bonchev–Trinajstić information content (AvgIpc) is 3.08. The number of thiophene rings is 1. The highest BCUT2D eigenvalue weighted by Crippen LogP contribution is 2.39. The van der Waals surface area contributed by atoms with Crippen LogP contribution in [-0.4, -0.2) is 36.8 Å². The summed E-state index contributed by atoms with van der Waals surface area (Å²) in [6, 6.07) is 9.23. The minimum atomic E-state index is -5.13. The summed E-state index contributed by atoms with van der Waals surface area (Å²) < 4.78 is 43.2. The van der Waals surface area contributed by atoms with Crippen LogP contribution in [0.1, 0.15) is 9.67 Å². The molecule has 1 heterocycles. The number of carbonyl (C=O) groups excluding carboxylic acids is 3. The molecule has 2 N–H and O–H groups in total. The first-order valence-corrected chi connectivity index (χ1v) is 11.5. The zero-order valence-electron chi connectivity index (χ0n) is 16.5. The van der Waals surface area contributed by atoms with E-state index in [0.717, 1.165) is 30.2 Å². The molecule has 6 nitrogen and oxygen atoms in total. The number of rotatable bonds is 6. The summed E-state index contributed by atoms with van der Waals surface area (Å²) in [6.45, 7) is 0. The second kappa shape index (κ2) is 10.2. The van der Waals surface area contributed by atoms with E-state index in [4.69, 9.17) is 23.2 Å². The van der Waals surface area contributed by atoms with E-state index in [1.807, 2.05) is 0 Å². The third kappa shape index (κ3) is 6.32. The Morgan fingerprint density at radius 3 is 2.33 bits per heavy atom. The van der Waals surface area contributed by atoms with Crippen LogP contribution in [0.15, 0.2) is 41.3 Å². The van der Waals surface area contributed by atoms with E-state index in [1.54, 1.807) is 29.6 Å². The summed E-state index contributed by atoms with van der Waals surface area (Å²) >= 11 is 13.8. The van der Waals surface area contributed by atoms with Crippen LogP contribution in [0.4, 0.5) is 24.5 Å². The SMILES string of the molecule is COC(=O)c1sc2cc(SCC(=O)Nc3cc(Cl)cc(Cl)c3)ccc2c1NC(=O)C(F)(F)F. The van der Waals surface area contributed by atoms with Gasteiger partial charge >= 0.3 is 18.1 Å². The van der Waals surface area contributed by atoms with Gasteiger partial charge in [-0.25, -0.2) is 4.79 Å². The second-order valence-electron chi connectivity index (χ2n) is 6.40. The summed E-state index contributed by atoms with van der Waals surface area (Å²) in [5.41, 5.74) is 0.149. The van der Waals surface area contributed by atoms with Crippen molar-refractivity contribution in [1.29, 1.82) is 0 Å². The van der Waals surface area contributed by atoms with Crippen molar-refractivity contribution in [3.63, 3.8) is 0 Å². The maximum absolute atomic E-state index is 12.7. The number of alkyl halides is 3. The molecule has 2 amide bonds. The molecule has 0 bridgehead atoms. The van der Waals surface area contributed by atoms with Crippen LogP contribution in [0.25, 0.3) is 10.1 Å². The lowest BCUT2D eigenvalue weighted by Crippen LogP contribution is -2.30. The lowest BCUT2D eigenvalue weighted by molar-refractivity contribution is -0.167. The number of amides is 2. The Hall–Kier alpha value is -2.47. The molecular weight excluding hydrogens is 524 g/mol. The molecule has 2 aromatic carbocycles. The quantitative estimate of drug-likeness (QED) is 0.288. The molecule has 13 heteroatoms. The molecule has 0 atom stereocenters. The van der Waals surface area contributed by atoms with Gasteiger partial charge in [-0.2, -0.15) is 13.2 Å². The number of ether oxygens (including phenoxy) is 1. The van der Waals surface area contributed by atoms with Crippen LogP contribution < -0.4 is 10.6 Å². The molecule has 1 aromatic heterocycles. The van der Waals surface area contributed by atoms with Gasteiger partial charge in [0.1, 0.15) is 4.88 Å². The first kappa shape index (κ1) is 25.2. The van der Waals surface area contributed by atoms with Crippen LogP contribution in [0, 0.1) is 0 Å². The first-order valence-electron chi connectivity index (χ1n) is 8.89. The third-order valence-electron chi connectivity index (χ3n) is 4.04. The fraction of sp³-hybridized carbons (Fsp3) is 0.150. The minimum Gasteiger partial charge on any atom is -0.465 e. The van der Waals surface area contributed by atoms with Gasteiger partial charge in [0.15, 0.2) is 0 Å². The topological polar surface area (TPSA) is 84.5 Å². The van der Waals surface area contributed by atoms with Crippen molar-refractivity contribution < 1.29 is 32.3 Å². The summed E-state index contributed by atoms with van der Waals surface area (Å²) in [4.78, 5) is 36.1. The van der Waals surface area contributed by atoms with E-state index in [1.165, 1.54) is 12.1 Å². The fourth-order valence-electron chi connectivity index (χ4n) is 2.68. The fourth-order valence-corrected chi connectivity index (χ4v) is 5.14. The molecule has 0 aliphatic rings. The Morgan fingerprint density at radius 2 is 1.73 bits per heavy atom. The van der Waals surface area contributed by atoms with Crippen molar-refractivity contribution in [2.45, 2.75) is 11.1 Å². The highest BCUT2D eigenvalue weighted by molar-refractivity contribution is 8.00. The van der Waals surface area contributed by atoms with Gasteiger partial charge in [0, 0.05) is 30.7 Å². The first-order chi connectivity index (χ1) is 15.5. The molecule has 0 radical (unpaired) electrons. The van der Waals surface area contributed by atoms with E-state index in [2.05, 4.69) is 10.1 Å². The molecule has 0 spiro atoms. The van der Waals surface area contributed by atoms with Gasteiger partial charge < -0.3 is 15.4 Å². The Morgan fingerprint density at radius 1 is 1.06 bits per heavy atom. The minimum absolute atomic E-state index is 0.0164. The van der Waals surface area contributed by atoms with Crippen molar-refractivity contribution in [3.05, 3.63) is 51.3 Å². The maximum Gasteiger partial charge on any atom is 0.471 e. The standard InChI is InChI=1S/C20H13Cl2F3N2O4S2/c1-31-18(29)17-16(27-19(30)20(23,24)25)13-3-2-12(7-14(13)33-17)32-8-15(28)26-11-5-9(21)4-10(22)6-11/h2-7H,8H2,1H3,(H,26,28)(H,27,30). The van der Waals surface area contributed by atoms with Crippen LogP contribution in [0.3, 0.4) is 0 Å². The molecule has 174 valence electrons. The molecule has 33 heavy (non-hydrogen) atoms. The van der Waals surface area contributed by atoms with Crippen LogP contribution in [0.5, 0.6) is 0 Å². The van der Waals surface area contributed by atoms with E-state index in [0.29, 0.717) is 25.3 Å². The normalized spacial score (nSPS) is 11.3. The van der Waals surface area contributed by atoms with Crippen molar-refractivity contribution in [2.75, 3.05) is 23.5 Å². The summed E-state index contributed by atoms with van der Waals surface area (Å²) in [7, 11) is 1.08. The van der Waals surface area contributed by atoms with Crippen LogP contribution in [0.2, 0.25) is 10.0 Å². The summed E-state index contributed by atoms with van der Waals surface area (Å²) in [6.07, 6.45) is -5.13. The molecule has 0 unspecified atom stereocenters. The van der Waals surface area contributed by atoms with Crippen molar-refractivity contribution in [3.8, 4) is 0 Å². The third-order valence-corrected chi connectivity index (χ3v) is 6.61. The van der Waals surface area contributed by atoms with E-state index >= 15 is 0 Å². The van der Waals surface area contributed by atoms with E-state index in [-0.39, 0.29) is 27.6 Å². The highest BCUT2D eigenvalue weighted by atomic mass is 35.5. The molecule has 3 rings (SSSR count). The lowest BCUT2D eigenvalue weighted by Gasteiger charge is -2.09. The monoisotopic (exact) mass is 536 g/mol. The molecule has 0 saturated heterocycles. The maximum atomic E-state index is 12.7. The average molecular weight is 537 g/mol. The van der Waals surface area contributed by atoms with Crippen molar-refractivity contribution in [1.82, 2.24) is 0 Å². The predicted molar refractivity (Wildman–Crippen MR) is 124 cm³/mol. The van der Waals surface area contributed by atoms with E-state index in [9.17, 15) is 27.6 Å². The molecule has 0 aliphatic carbocycles. The highest BCUT2D eigenvalue weighted by Gasteiger charge is 2.40. The van der Waals surface area contributed by atoms with Crippen molar-refractivity contribution >= 4 is 85.5 Å². The number of carbonyl (C=O) groups is 3. The van der Waals surface area contributed by atoms with Gasteiger partial charge in [-0.1, -0.05) is 29.3 Å². The number of hydrogen-bond acceptors (Lipinski definition) is 6. The Balaban J connectivity index is 1.79. The largest absolute Gasteiger partial charge is 0.471 e. The summed E-state index contributed by atoms with van der Waals surface area (Å²) in [5, 5.41) is 5.37. The number of esters is 1. The van der Waals surface area contributed by atoms with Gasteiger partial charge in [0.2, 0.25) is 5.91 Å². The predicted octanol–water partition coefficient (Wildman–Crippen LogP) is 6.23. The number of fused-ring (bicyclic) bond motifs is 1. The molecular formula is C20H13Cl2F3N2O4S2. The van der Waals surface area contributed by atoms with Gasteiger partial charge in [-0.15, -0.1) is 23.1 Å². The number of benzene rings is 2. The smallest absolute Gasteiger partial charge is 0.465 e. The summed E-state index contributed by atoms with van der Waals surface area (Å²) in [5.74, 6) is -3.41. The zero-order chi connectivity index (χ0) is 24.3. The number of hydrogen-bond donors (Lipinski definition) is 2. The van der Waals surface area contributed by atoms with Crippen LogP contribution in [-0.2, 0) is 14.3 Å². The van der Waals surface area contributed by atoms with Gasteiger partial charge in [-0.05, 0) is 30.3 Å².